The molecule has 6 atom stereocenters. The fraction of sp³-hybridized carbons (Fsp3) is 0.554. The minimum Gasteiger partial charge on any atom is -0.441 e. The first-order valence-electron chi connectivity index (χ1n) is 27.7. The Morgan fingerprint density at radius 1 is 0.724 bits per heavy atom. The predicted octanol–water partition coefficient (Wildman–Crippen LogP) is 5.55. The van der Waals surface area contributed by atoms with Crippen LogP contribution in [-0.2, 0) is 46.2 Å². The second-order valence-corrected chi connectivity index (χ2v) is 23.0. The molecule has 5 saturated heterocycles. The van der Waals surface area contributed by atoms with Crippen LogP contribution in [-0.4, -0.2) is 185 Å². The molecule has 5 fully saturated rings. The maximum absolute atomic E-state index is 16.2. The molecule has 2 aromatic carbocycles. The van der Waals surface area contributed by atoms with Gasteiger partial charge < -0.3 is 49.6 Å². The molecule has 2 bridgehead atoms. The third-order valence-corrected chi connectivity index (χ3v) is 16.0. The van der Waals surface area contributed by atoms with Gasteiger partial charge in [0.1, 0.15) is 23.7 Å². The van der Waals surface area contributed by atoms with Crippen LogP contribution in [0.4, 0.5) is 59.4 Å². The lowest BCUT2D eigenvalue weighted by atomic mass is 9.82. The van der Waals surface area contributed by atoms with Crippen LogP contribution in [0.25, 0.3) is 11.3 Å². The summed E-state index contributed by atoms with van der Waals surface area (Å²) in [7, 11) is 0. The number of rotatable bonds is 21. The topological polar surface area (TPSA) is 236 Å². The first kappa shape index (κ1) is 64.1. The molecule has 2 aromatic heterocycles. The molecule has 0 spiro atoms. The van der Waals surface area contributed by atoms with Gasteiger partial charge in [0.05, 0.1) is 79.9 Å². The van der Waals surface area contributed by atoms with Crippen molar-refractivity contribution in [1.82, 2.24) is 51.0 Å². The zero-order chi connectivity index (χ0) is 62.8. The van der Waals surface area contributed by atoms with Crippen LogP contribution in [0.15, 0.2) is 61.1 Å². The summed E-state index contributed by atoms with van der Waals surface area (Å²) >= 11 is 0. The number of nitrogens with zero attached hydrogens (tertiary/aromatic N) is 7. The normalized spacial score (nSPS) is 20.0. The number of halogens is 10. The minimum absolute atomic E-state index is 0.0919. The molecule has 472 valence electrons. The van der Waals surface area contributed by atoms with Gasteiger partial charge in [0.2, 0.25) is 11.9 Å². The lowest BCUT2D eigenvalue weighted by Crippen LogP contribution is -2.64. The number of alkyl carbamates (subject to hydrolysis) is 2. The van der Waals surface area contributed by atoms with Crippen LogP contribution < -0.4 is 26.3 Å². The average molecular weight is 1240 g/mol. The number of aromatic nitrogens is 4. The van der Waals surface area contributed by atoms with E-state index >= 15 is 8.78 Å². The van der Waals surface area contributed by atoms with Crippen molar-refractivity contribution in [2.45, 2.75) is 127 Å². The number of nitrogens with one attached hydrogen (secondary N) is 4. The Morgan fingerprint density at radius 2 is 1.24 bits per heavy atom. The minimum atomic E-state index is -5.26. The maximum atomic E-state index is 16.2. The number of hydrogen-bond acceptors (Lipinski definition) is 16. The summed E-state index contributed by atoms with van der Waals surface area (Å²) in [5.74, 6) is 0.418. The Balaban J connectivity index is 1.00. The van der Waals surface area contributed by atoms with E-state index in [9.17, 15) is 59.4 Å². The van der Waals surface area contributed by atoms with Gasteiger partial charge in [0.15, 0.2) is 12.2 Å². The van der Waals surface area contributed by atoms with Crippen molar-refractivity contribution in [3.05, 3.63) is 94.9 Å². The Kier molecular flexibility index (Phi) is 19.3. The number of hydrogen-bond donors (Lipinski definition) is 5. The number of ether oxygens (including phenoxy) is 5. The molecule has 0 saturated carbocycles. The molecule has 4 amide bonds. The number of alkyl halides is 8. The third kappa shape index (κ3) is 15.0. The molecule has 31 heteroatoms. The molecule has 0 radical (unpaired) electrons. The van der Waals surface area contributed by atoms with E-state index in [1.165, 1.54) is 24.3 Å². The highest BCUT2D eigenvalue weighted by atomic mass is 19.4. The van der Waals surface area contributed by atoms with Gasteiger partial charge in [-0.3, -0.25) is 19.9 Å². The van der Waals surface area contributed by atoms with E-state index in [1.807, 2.05) is 10.6 Å². The van der Waals surface area contributed by atoms with Crippen molar-refractivity contribution >= 4 is 29.9 Å². The zero-order valence-electron chi connectivity index (χ0n) is 47.3. The fourth-order valence-corrected chi connectivity index (χ4v) is 10.4. The third-order valence-electron chi connectivity index (χ3n) is 16.0. The maximum Gasteiger partial charge on any atom is 0.408 e. The van der Waals surface area contributed by atoms with Gasteiger partial charge in [-0.05, 0) is 82.9 Å². The van der Waals surface area contributed by atoms with E-state index in [2.05, 4.69) is 47.4 Å². The summed E-state index contributed by atoms with van der Waals surface area (Å²) < 4.78 is 174. The van der Waals surface area contributed by atoms with Crippen molar-refractivity contribution < 1.29 is 91.9 Å². The molecule has 7 heterocycles. The zero-order valence-corrected chi connectivity index (χ0v) is 47.3. The van der Waals surface area contributed by atoms with Gasteiger partial charge in [-0.1, -0.05) is 24.0 Å². The van der Waals surface area contributed by atoms with Crippen LogP contribution >= 0.6 is 0 Å². The average Bonchev–Trinajstić information content (AvgIpc) is 1.85. The van der Waals surface area contributed by atoms with E-state index in [-0.39, 0.29) is 47.9 Å². The second-order valence-electron chi connectivity index (χ2n) is 23.0. The van der Waals surface area contributed by atoms with Gasteiger partial charge in [-0.15, -0.1) is 0 Å². The number of carbonyl (C=O) groups is 4. The molecule has 5 aliphatic heterocycles. The number of benzene rings is 2. The van der Waals surface area contributed by atoms with Crippen LogP contribution in [0.3, 0.4) is 0 Å². The summed E-state index contributed by atoms with van der Waals surface area (Å²) in [6.07, 6.45) is -11.7. The molecule has 21 nitrogen and oxygen atoms in total. The highest BCUT2D eigenvalue weighted by Gasteiger charge is 2.58. The molecule has 9 rings (SSSR count). The van der Waals surface area contributed by atoms with Crippen LogP contribution in [0.5, 0.6) is 0 Å². The largest absolute Gasteiger partial charge is 0.441 e. The van der Waals surface area contributed by atoms with Crippen molar-refractivity contribution in [2.24, 2.45) is 10.8 Å². The summed E-state index contributed by atoms with van der Waals surface area (Å²) in [6, 6.07) is 2.62. The lowest BCUT2D eigenvalue weighted by molar-refractivity contribution is -0.221. The van der Waals surface area contributed by atoms with Crippen LogP contribution in [0.1, 0.15) is 69.3 Å². The highest BCUT2D eigenvalue weighted by molar-refractivity contribution is 5.87. The first-order valence-corrected chi connectivity index (χ1v) is 27.7. The Hall–Kier alpha value is -7.37. The number of anilines is 1. The van der Waals surface area contributed by atoms with E-state index < -0.39 is 127 Å². The summed E-state index contributed by atoms with van der Waals surface area (Å²) in [6.45, 7) is -0.569. The van der Waals surface area contributed by atoms with E-state index in [1.54, 1.807) is 12.4 Å². The Morgan fingerprint density at radius 3 is 1.71 bits per heavy atom. The molecule has 5 N–H and O–H groups in total. The summed E-state index contributed by atoms with van der Waals surface area (Å²) in [5, 5.41) is 22.5. The van der Waals surface area contributed by atoms with Crippen LogP contribution in [0, 0.1) is 34.3 Å². The van der Waals surface area contributed by atoms with E-state index in [4.69, 9.17) is 23.7 Å². The van der Waals surface area contributed by atoms with Gasteiger partial charge in [-0.2, -0.15) is 40.2 Å². The summed E-state index contributed by atoms with van der Waals surface area (Å²) in [4.78, 5) is 68.6. The number of piperazine rings is 1. The summed E-state index contributed by atoms with van der Waals surface area (Å²) in [5.41, 5.74) is -4.64. The second kappa shape index (κ2) is 26.1. The number of aliphatic hydroxyl groups is 1. The molecular weight excluding hydrogens is 1180 g/mol. The molecule has 4 aromatic rings. The number of fused-ring (bicyclic) bond motifs is 2. The Bertz CT molecular complexity index is 3130. The predicted molar refractivity (Wildman–Crippen MR) is 285 cm³/mol. The van der Waals surface area contributed by atoms with E-state index in [0.717, 1.165) is 51.4 Å². The van der Waals surface area contributed by atoms with Gasteiger partial charge in [-0.25, -0.2) is 38.0 Å². The van der Waals surface area contributed by atoms with E-state index in [0.29, 0.717) is 80.0 Å². The van der Waals surface area contributed by atoms with Gasteiger partial charge in [0.25, 0.3) is 5.91 Å². The standard InChI is InChI=1S/C56H63F10N11O10/c1-53(2,55(61,62)63)45(70-51(81)86-37-26-84-27-37)47(79)69-43(15-31-8-5-30(6-9-31)7-10-32-18-67-50(68-19-32)74-20-34-11-12-35(21-74)77(34)36-24-83-25-36)44(78)23-75(22-39-40(57)16-33(17-41(39)58)42-13-14-76(72-42)49(59)60)73-48(80)46(54(3,4)56(64,65)66)71-52(82)87-38-28-85-29-38/h5-6,8-9,13-14,16-19,34-38,43-46,49,78H,11-12,15,20-29H2,1-4H3,(H,69,79)(H,70,81)(H,71,82)(H,73,80)/t34?,35?,43-,44-,45?,46+/m0/s1. The molecule has 5 aliphatic rings. The number of aliphatic hydroxyl groups excluding tert-OH is 1. The smallest absolute Gasteiger partial charge is 0.408 e. The SMILES string of the molecule is CC(C)(C(NC(=O)OC1COC1)C(=O)N[C@@H](Cc1ccc(C#Cc2cnc(N3CC4CCC(C3)N4C3COC3)nc2)cc1)[C@@H](O)CN(Cc1c(F)cc(-c2ccn(C(F)F)n2)cc1F)NC(=O)[C@@H](NC(=O)OC1COC1)C(C)(C)C(F)(F)F)C(F)(F)F. The molecular formula is C56H63F10N11O10. The van der Waals surface area contributed by atoms with Crippen molar-refractivity contribution in [2.75, 3.05) is 64.2 Å². The number of carbonyl (C=O) groups excluding carboxylic acids is 4. The first-order chi connectivity index (χ1) is 41.0. The van der Waals surface area contributed by atoms with Gasteiger partial charge in [0, 0.05) is 73.5 Å². The Labute approximate surface area is 491 Å². The van der Waals surface area contributed by atoms with Crippen molar-refractivity contribution in [3.8, 4) is 23.1 Å². The van der Waals surface area contributed by atoms with Gasteiger partial charge >= 0.3 is 31.1 Å². The lowest BCUT2D eigenvalue weighted by Gasteiger charge is -2.47. The van der Waals surface area contributed by atoms with Crippen molar-refractivity contribution in [3.63, 3.8) is 0 Å². The quantitative estimate of drug-likeness (QED) is 0.0391. The fourth-order valence-electron chi connectivity index (χ4n) is 10.4. The highest BCUT2D eigenvalue weighted by Crippen LogP contribution is 2.42. The number of amides is 4. The van der Waals surface area contributed by atoms with Crippen LogP contribution in [0.2, 0.25) is 0 Å². The number of hydrazine groups is 1. The molecule has 87 heavy (non-hydrogen) atoms. The monoisotopic (exact) mass is 1240 g/mol. The molecule has 0 aliphatic carbocycles. The van der Waals surface area contributed by atoms with Crippen molar-refractivity contribution in [1.29, 1.82) is 0 Å². The molecule has 3 unspecified atom stereocenters.